The molecule has 2 amide bonds. The Balaban J connectivity index is 1.72. The van der Waals surface area contributed by atoms with Gasteiger partial charge < -0.3 is 9.80 Å². The van der Waals surface area contributed by atoms with Crippen molar-refractivity contribution in [3.05, 3.63) is 29.3 Å². The van der Waals surface area contributed by atoms with Gasteiger partial charge in [-0.05, 0) is 56.9 Å². The maximum Gasteiger partial charge on any atom is 0.228 e. The van der Waals surface area contributed by atoms with E-state index in [0.29, 0.717) is 19.0 Å². The summed E-state index contributed by atoms with van der Waals surface area (Å²) in [5.74, 6) is 0.0476. The van der Waals surface area contributed by atoms with Crippen LogP contribution in [0.1, 0.15) is 56.6 Å². The average Bonchev–Trinajstić information content (AvgIpc) is 3.01. The maximum absolute atomic E-state index is 13.1. The molecular formula is C21H30N2O2. The Kier molecular flexibility index (Phi) is 5.45. The zero-order valence-corrected chi connectivity index (χ0v) is 15.8. The molecule has 1 aromatic carbocycles. The van der Waals surface area contributed by atoms with Crippen LogP contribution in [0.2, 0.25) is 0 Å². The van der Waals surface area contributed by atoms with E-state index >= 15 is 0 Å². The summed E-state index contributed by atoms with van der Waals surface area (Å²) in [7, 11) is 0. The van der Waals surface area contributed by atoms with Crippen molar-refractivity contribution in [3.63, 3.8) is 0 Å². The Hall–Kier alpha value is -1.84. The highest BCUT2D eigenvalue weighted by molar-refractivity contribution is 6.00. The van der Waals surface area contributed by atoms with E-state index in [0.717, 1.165) is 25.1 Å². The molecule has 4 nitrogen and oxygen atoms in total. The molecule has 1 atom stereocenters. The third kappa shape index (κ3) is 3.73. The second kappa shape index (κ2) is 7.59. The van der Waals surface area contributed by atoms with Gasteiger partial charge in [0.2, 0.25) is 11.8 Å². The van der Waals surface area contributed by atoms with Gasteiger partial charge in [-0.2, -0.15) is 0 Å². The second-order valence-corrected chi connectivity index (χ2v) is 7.59. The van der Waals surface area contributed by atoms with Crippen molar-refractivity contribution in [1.29, 1.82) is 0 Å². The van der Waals surface area contributed by atoms with Crippen LogP contribution in [-0.2, 0) is 9.59 Å². The van der Waals surface area contributed by atoms with Crippen molar-refractivity contribution in [2.45, 2.75) is 65.3 Å². The normalized spacial score (nSPS) is 21.6. The lowest BCUT2D eigenvalue weighted by atomic mass is 9.93. The molecule has 1 heterocycles. The lowest BCUT2D eigenvalue weighted by Crippen LogP contribution is -2.45. The monoisotopic (exact) mass is 342 g/mol. The first-order valence-electron chi connectivity index (χ1n) is 9.69. The molecular weight excluding hydrogens is 312 g/mol. The SMILES string of the molecule is CCN(C(=O)[C@@H]1CC(=O)N(c2ccc(C)c(C)c2)C1)C1CCCCC1. The van der Waals surface area contributed by atoms with Crippen LogP contribution in [0.3, 0.4) is 0 Å². The molecule has 1 aliphatic heterocycles. The van der Waals surface area contributed by atoms with E-state index in [1.54, 1.807) is 4.90 Å². The first-order valence-corrected chi connectivity index (χ1v) is 9.69. The van der Waals surface area contributed by atoms with Crippen molar-refractivity contribution in [2.24, 2.45) is 5.92 Å². The molecule has 0 radical (unpaired) electrons. The number of aryl methyl sites for hydroxylation is 2. The molecule has 4 heteroatoms. The predicted octanol–water partition coefficient (Wildman–Crippen LogP) is 3.84. The van der Waals surface area contributed by atoms with Crippen LogP contribution in [0.4, 0.5) is 5.69 Å². The molecule has 1 saturated carbocycles. The fourth-order valence-corrected chi connectivity index (χ4v) is 4.24. The number of hydrogen-bond donors (Lipinski definition) is 0. The van der Waals surface area contributed by atoms with Gasteiger partial charge >= 0.3 is 0 Å². The summed E-state index contributed by atoms with van der Waals surface area (Å²) < 4.78 is 0. The Morgan fingerprint density at radius 1 is 1.16 bits per heavy atom. The average molecular weight is 342 g/mol. The van der Waals surface area contributed by atoms with Crippen molar-refractivity contribution >= 4 is 17.5 Å². The Bertz CT molecular complexity index is 649. The molecule has 1 aromatic rings. The lowest BCUT2D eigenvalue weighted by molar-refractivity contribution is -0.138. The van der Waals surface area contributed by atoms with E-state index in [-0.39, 0.29) is 17.7 Å². The van der Waals surface area contributed by atoms with Crippen molar-refractivity contribution < 1.29 is 9.59 Å². The van der Waals surface area contributed by atoms with Crippen LogP contribution >= 0.6 is 0 Å². The third-order valence-electron chi connectivity index (χ3n) is 5.92. The highest BCUT2D eigenvalue weighted by atomic mass is 16.2. The molecule has 2 aliphatic rings. The molecule has 0 spiro atoms. The lowest BCUT2D eigenvalue weighted by Gasteiger charge is -2.35. The van der Waals surface area contributed by atoms with Crippen molar-refractivity contribution in [2.75, 3.05) is 18.0 Å². The van der Waals surface area contributed by atoms with Gasteiger partial charge in [0.1, 0.15) is 0 Å². The van der Waals surface area contributed by atoms with Crippen molar-refractivity contribution in [3.8, 4) is 0 Å². The van der Waals surface area contributed by atoms with Crippen LogP contribution in [-0.4, -0.2) is 35.8 Å². The summed E-state index contributed by atoms with van der Waals surface area (Å²) in [6.45, 7) is 7.45. The molecule has 136 valence electrons. The highest BCUT2D eigenvalue weighted by Gasteiger charge is 2.38. The summed E-state index contributed by atoms with van der Waals surface area (Å²) >= 11 is 0. The topological polar surface area (TPSA) is 40.6 Å². The number of hydrogen-bond acceptors (Lipinski definition) is 2. The van der Waals surface area contributed by atoms with Crippen LogP contribution in [0.25, 0.3) is 0 Å². The molecule has 1 saturated heterocycles. The summed E-state index contributed by atoms with van der Waals surface area (Å²) in [6, 6.07) is 6.47. The Morgan fingerprint density at radius 3 is 2.52 bits per heavy atom. The molecule has 0 N–H and O–H groups in total. The molecule has 0 unspecified atom stereocenters. The molecule has 2 fully saturated rings. The number of benzene rings is 1. The van der Waals surface area contributed by atoms with Gasteiger partial charge in [0.25, 0.3) is 0 Å². The van der Waals surface area contributed by atoms with Gasteiger partial charge in [-0.3, -0.25) is 9.59 Å². The number of carbonyl (C=O) groups is 2. The summed E-state index contributed by atoms with van der Waals surface area (Å²) in [5, 5.41) is 0. The van der Waals surface area contributed by atoms with E-state index in [2.05, 4.69) is 26.8 Å². The quantitative estimate of drug-likeness (QED) is 0.834. The van der Waals surface area contributed by atoms with Gasteiger partial charge in [0.05, 0.1) is 5.92 Å². The predicted molar refractivity (Wildman–Crippen MR) is 101 cm³/mol. The molecule has 1 aliphatic carbocycles. The van der Waals surface area contributed by atoms with E-state index in [9.17, 15) is 9.59 Å². The number of rotatable bonds is 4. The highest BCUT2D eigenvalue weighted by Crippen LogP contribution is 2.30. The zero-order chi connectivity index (χ0) is 18.0. The minimum Gasteiger partial charge on any atom is -0.340 e. The van der Waals surface area contributed by atoms with Gasteiger partial charge in [-0.15, -0.1) is 0 Å². The van der Waals surface area contributed by atoms with E-state index in [1.165, 1.54) is 30.4 Å². The van der Waals surface area contributed by atoms with Gasteiger partial charge in [0, 0.05) is 31.2 Å². The second-order valence-electron chi connectivity index (χ2n) is 7.59. The standard InChI is InChI=1S/C21H30N2O2/c1-4-22(18-8-6-5-7-9-18)21(25)17-13-20(24)23(14-17)19-11-10-15(2)16(3)12-19/h10-12,17-18H,4-9,13-14H2,1-3H3/t17-/m1/s1. The third-order valence-corrected chi connectivity index (χ3v) is 5.92. The number of anilines is 1. The van der Waals surface area contributed by atoms with Crippen LogP contribution in [0.5, 0.6) is 0 Å². The first-order chi connectivity index (χ1) is 12.0. The fourth-order valence-electron chi connectivity index (χ4n) is 4.24. The Labute approximate surface area is 151 Å². The smallest absolute Gasteiger partial charge is 0.228 e. The van der Waals surface area contributed by atoms with Crippen LogP contribution in [0.15, 0.2) is 18.2 Å². The molecule has 0 bridgehead atoms. The molecule has 0 aromatic heterocycles. The fraction of sp³-hybridized carbons (Fsp3) is 0.619. The van der Waals surface area contributed by atoms with Crippen molar-refractivity contribution in [1.82, 2.24) is 4.90 Å². The largest absolute Gasteiger partial charge is 0.340 e. The summed E-state index contributed by atoms with van der Waals surface area (Å²) in [6.07, 6.45) is 6.28. The number of amides is 2. The maximum atomic E-state index is 13.1. The van der Waals surface area contributed by atoms with E-state index in [1.807, 2.05) is 17.0 Å². The van der Waals surface area contributed by atoms with E-state index in [4.69, 9.17) is 0 Å². The summed E-state index contributed by atoms with van der Waals surface area (Å²) in [4.78, 5) is 29.4. The van der Waals surface area contributed by atoms with E-state index < -0.39 is 0 Å². The first kappa shape index (κ1) is 18.0. The van der Waals surface area contributed by atoms with Gasteiger partial charge in [0.15, 0.2) is 0 Å². The summed E-state index contributed by atoms with van der Waals surface area (Å²) in [5.41, 5.74) is 3.32. The molecule has 25 heavy (non-hydrogen) atoms. The van der Waals surface area contributed by atoms with Gasteiger partial charge in [-0.25, -0.2) is 0 Å². The number of carbonyl (C=O) groups excluding carboxylic acids is 2. The van der Waals surface area contributed by atoms with Crippen LogP contribution in [0, 0.1) is 19.8 Å². The minimum absolute atomic E-state index is 0.0706. The van der Waals surface area contributed by atoms with Gasteiger partial charge in [-0.1, -0.05) is 25.3 Å². The minimum atomic E-state index is -0.198. The number of nitrogens with zero attached hydrogens (tertiary/aromatic N) is 2. The zero-order valence-electron chi connectivity index (χ0n) is 15.8. The van der Waals surface area contributed by atoms with Crippen LogP contribution < -0.4 is 4.90 Å². The Morgan fingerprint density at radius 2 is 1.88 bits per heavy atom. The molecule has 3 rings (SSSR count).